The molecule has 53 valence electrons. The van der Waals surface area contributed by atoms with Crippen LogP contribution in [0.3, 0.4) is 0 Å². The molecule has 0 bridgehead atoms. The van der Waals surface area contributed by atoms with E-state index in [-0.39, 0.29) is 0 Å². The highest BCUT2D eigenvalue weighted by molar-refractivity contribution is 5.16. The lowest BCUT2D eigenvalue weighted by Gasteiger charge is -2.08. The molecule has 0 atom stereocenters. The first kappa shape index (κ1) is 7.41. The van der Waals surface area contributed by atoms with Gasteiger partial charge in [0.15, 0.2) is 0 Å². The van der Waals surface area contributed by atoms with Crippen molar-refractivity contribution in [3.8, 4) is 11.8 Å². The number of hydrogen-bond donors (Lipinski definition) is 0. The molecule has 1 rings (SSSR count). The molecule has 0 saturated heterocycles. The van der Waals surface area contributed by atoms with Crippen LogP contribution < -0.4 is 0 Å². The highest BCUT2D eigenvalue weighted by Crippen LogP contribution is 2.18. The van der Waals surface area contributed by atoms with Gasteiger partial charge in [0.1, 0.15) is 0 Å². The summed E-state index contributed by atoms with van der Waals surface area (Å²) in [5, 5.41) is 0. The van der Waals surface area contributed by atoms with Gasteiger partial charge in [-0.2, -0.15) is 0 Å². The Bertz CT molecular complexity index is 176. The first-order chi connectivity index (χ1) is 4.93. The normalized spacial score (nSPS) is 17.1. The Morgan fingerprint density at radius 1 is 1.60 bits per heavy atom. The Kier molecular flexibility index (Phi) is 3.09. The zero-order valence-electron chi connectivity index (χ0n) is 6.48. The summed E-state index contributed by atoms with van der Waals surface area (Å²) in [5.74, 6) is 6.00. The molecule has 0 fully saturated rings. The zero-order valence-corrected chi connectivity index (χ0v) is 6.48. The second-order valence-electron chi connectivity index (χ2n) is 2.53. The molecule has 0 aliphatic heterocycles. The van der Waals surface area contributed by atoms with Gasteiger partial charge in [-0.1, -0.05) is 17.6 Å². The second kappa shape index (κ2) is 4.17. The van der Waals surface area contributed by atoms with Crippen LogP contribution in [0.25, 0.3) is 0 Å². The van der Waals surface area contributed by atoms with Gasteiger partial charge in [0, 0.05) is 6.42 Å². The minimum absolute atomic E-state index is 0.990. The smallest absolute Gasteiger partial charge is 0.0299 e. The van der Waals surface area contributed by atoms with Gasteiger partial charge in [-0.3, -0.25) is 0 Å². The van der Waals surface area contributed by atoms with Crippen LogP contribution >= 0.6 is 0 Å². The lowest BCUT2D eigenvalue weighted by atomic mass is 9.98. The molecule has 0 spiro atoms. The lowest BCUT2D eigenvalue weighted by Crippen LogP contribution is -1.90. The first-order valence-electron chi connectivity index (χ1n) is 3.82. The van der Waals surface area contributed by atoms with Crippen LogP contribution in [0.15, 0.2) is 11.6 Å². The highest BCUT2D eigenvalue weighted by atomic mass is 14.1. The fourth-order valence-electron chi connectivity index (χ4n) is 1.12. The number of rotatable bonds is 1. The van der Waals surface area contributed by atoms with E-state index in [0.717, 1.165) is 12.8 Å². The molecule has 0 amide bonds. The lowest BCUT2D eigenvalue weighted by molar-refractivity contribution is 0.826. The number of allylic oxidation sites excluding steroid dienone is 2. The maximum atomic E-state index is 3.09. The van der Waals surface area contributed by atoms with Gasteiger partial charge in [-0.15, -0.1) is 5.92 Å². The fraction of sp³-hybridized carbons (Fsp3) is 0.500. The third kappa shape index (κ3) is 2.27. The van der Waals surface area contributed by atoms with Crippen molar-refractivity contribution in [3.05, 3.63) is 18.1 Å². The average Bonchev–Trinajstić information content (AvgIpc) is 2.03. The van der Waals surface area contributed by atoms with Crippen molar-refractivity contribution in [2.75, 3.05) is 0 Å². The summed E-state index contributed by atoms with van der Waals surface area (Å²) in [7, 11) is 0. The van der Waals surface area contributed by atoms with Gasteiger partial charge >= 0.3 is 0 Å². The quantitative estimate of drug-likeness (QED) is 0.381. The Morgan fingerprint density at radius 2 is 2.50 bits per heavy atom. The predicted molar refractivity (Wildman–Crippen MR) is 44.3 cm³/mol. The Labute approximate surface area is 63.3 Å². The topological polar surface area (TPSA) is 0 Å². The van der Waals surface area contributed by atoms with Gasteiger partial charge < -0.3 is 0 Å². The first-order valence-corrected chi connectivity index (χ1v) is 3.82. The summed E-state index contributed by atoms with van der Waals surface area (Å²) >= 11 is 0. The van der Waals surface area contributed by atoms with Gasteiger partial charge in [-0.25, -0.2) is 0 Å². The van der Waals surface area contributed by atoms with E-state index in [2.05, 4.69) is 24.3 Å². The molecule has 0 aromatic carbocycles. The van der Waals surface area contributed by atoms with E-state index in [0.29, 0.717) is 0 Å². The molecule has 0 heterocycles. The van der Waals surface area contributed by atoms with Crippen molar-refractivity contribution < 1.29 is 0 Å². The summed E-state index contributed by atoms with van der Waals surface area (Å²) in [5.41, 5.74) is 1.52. The summed E-state index contributed by atoms with van der Waals surface area (Å²) in [4.78, 5) is 0. The second-order valence-corrected chi connectivity index (χ2v) is 2.53. The summed E-state index contributed by atoms with van der Waals surface area (Å²) < 4.78 is 0. The standard InChI is InChI=1S/C10H13/c1-2-3-7-10-8-5-4-6-9-10/h4,8H,5-7,9H2,1H3. The van der Waals surface area contributed by atoms with Crippen molar-refractivity contribution >= 4 is 0 Å². The third-order valence-corrected chi connectivity index (χ3v) is 1.73. The summed E-state index contributed by atoms with van der Waals surface area (Å²) in [6, 6.07) is 0. The molecule has 0 nitrogen and oxygen atoms in total. The van der Waals surface area contributed by atoms with Crippen LogP contribution in [0.4, 0.5) is 0 Å². The minimum atomic E-state index is 0.990. The van der Waals surface area contributed by atoms with Crippen molar-refractivity contribution in [2.45, 2.75) is 32.6 Å². The van der Waals surface area contributed by atoms with E-state index in [4.69, 9.17) is 0 Å². The van der Waals surface area contributed by atoms with Crippen LogP contribution in [-0.2, 0) is 0 Å². The van der Waals surface area contributed by atoms with Gasteiger partial charge in [0.25, 0.3) is 0 Å². The zero-order chi connectivity index (χ0) is 7.23. The SMILES string of the molecule is CC#CCC1=CC[CH]CC1. The van der Waals surface area contributed by atoms with Gasteiger partial charge in [0.05, 0.1) is 0 Å². The molecular weight excluding hydrogens is 120 g/mol. The molecule has 10 heavy (non-hydrogen) atoms. The molecule has 0 aromatic heterocycles. The molecule has 1 radical (unpaired) electrons. The Morgan fingerprint density at radius 3 is 3.10 bits per heavy atom. The fourth-order valence-corrected chi connectivity index (χ4v) is 1.12. The van der Waals surface area contributed by atoms with E-state index in [9.17, 15) is 0 Å². The van der Waals surface area contributed by atoms with Gasteiger partial charge in [-0.05, 0) is 32.6 Å². The molecule has 1 aliphatic carbocycles. The van der Waals surface area contributed by atoms with Crippen molar-refractivity contribution in [2.24, 2.45) is 0 Å². The van der Waals surface area contributed by atoms with Crippen molar-refractivity contribution in [1.82, 2.24) is 0 Å². The van der Waals surface area contributed by atoms with E-state index in [1.807, 2.05) is 6.92 Å². The van der Waals surface area contributed by atoms with Crippen LogP contribution in [0.5, 0.6) is 0 Å². The average molecular weight is 133 g/mol. The molecular formula is C10H13. The van der Waals surface area contributed by atoms with Crippen molar-refractivity contribution in [1.29, 1.82) is 0 Å². The van der Waals surface area contributed by atoms with Crippen LogP contribution in [-0.4, -0.2) is 0 Å². The van der Waals surface area contributed by atoms with E-state index in [1.54, 1.807) is 0 Å². The highest BCUT2D eigenvalue weighted by Gasteiger charge is 2.00. The Balaban J connectivity index is 2.36. The third-order valence-electron chi connectivity index (χ3n) is 1.73. The molecule has 0 heteroatoms. The van der Waals surface area contributed by atoms with E-state index in [1.165, 1.54) is 18.4 Å². The molecule has 0 N–H and O–H groups in total. The van der Waals surface area contributed by atoms with Crippen LogP contribution in [0, 0.1) is 18.3 Å². The summed E-state index contributed by atoms with van der Waals surface area (Å²) in [6.45, 7) is 1.90. The molecule has 1 aliphatic rings. The van der Waals surface area contributed by atoms with E-state index < -0.39 is 0 Å². The van der Waals surface area contributed by atoms with Crippen molar-refractivity contribution in [3.63, 3.8) is 0 Å². The van der Waals surface area contributed by atoms with Crippen LogP contribution in [0.2, 0.25) is 0 Å². The molecule has 0 aromatic rings. The van der Waals surface area contributed by atoms with E-state index >= 15 is 0 Å². The maximum Gasteiger partial charge on any atom is 0.0299 e. The monoisotopic (exact) mass is 133 g/mol. The maximum absolute atomic E-state index is 3.09. The predicted octanol–water partition coefficient (Wildman–Crippen LogP) is 2.71. The van der Waals surface area contributed by atoms with Gasteiger partial charge in [0.2, 0.25) is 0 Å². The number of hydrogen-bond acceptors (Lipinski definition) is 0. The molecule has 0 saturated carbocycles. The summed E-state index contributed by atoms with van der Waals surface area (Å²) in [6.07, 6.45) is 9.24. The molecule has 0 unspecified atom stereocenters. The largest absolute Gasteiger partial charge is 0.106 e. The van der Waals surface area contributed by atoms with Crippen LogP contribution in [0.1, 0.15) is 32.6 Å². The minimum Gasteiger partial charge on any atom is -0.106 e. The Hall–Kier alpha value is -0.700.